The lowest BCUT2D eigenvalue weighted by Gasteiger charge is -2.32. The molecule has 0 aromatic rings. The third kappa shape index (κ3) is 3.38. The number of unbranched alkanes of at least 4 members (excludes halogenated alkanes) is 1. The topological polar surface area (TPSA) is 18.5 Å². The smallest absolute Gasteiger partial charge is 0.403 e. The minimum absolute atomic E-state index is 0.152. The predicted octanol–water partition coefficient (Wildman–Crippen LogP) is 3.79. The molecule has 0 amide bonds. The van der Waals surface area contributed by atoms with Crippen LogP contribution in [0.15, 0.2) is 0 Å². The molecule has 1 fully saturated rings. The minimum atomic E-state index is -0.240. The van der Waals surface area contributed by atoms with Crippen LogP contribution in [-0.2, 0) is 9.31 Å². The summed E-state index contributed by atoms with van der Waals surface area (Å²) < 4.78 is 12.2. The van der Waals surface area contributed by atoms with E-state index >= 15 is 0 Å². The van der Waals surface area contributed by atoms with Crippen LogP contribution < -0.4 is 0 Å². The number of hydrogen-bond acceptors (Lipinski definition) is 2. The predicted molar refractivity (Wildman–Crippen MR) is 73.4 cm³/mol. The highest BCUT2D eigenvalue weighted by molar-refractivity contribution is 9.10. The molecule has 1 aliphatic rings. The summed E-state index contributed by atoms with van der Waals surface area (Å²) in [4.78, 5) is 0. The molecule has 0 radical (unpaired) electrons. The molecule has 1 saturated heterocycles. The zero-order chi connectivity index (χ0) is 12.4. The zero-order valence-corrected chi connectivity index (χ0v) is 12.9. The average molecular weight is 311 g/mol. The van der Waals surface area contributed by atoms with Gasteiger partial charge in [-0.1, -0.05) is 22.4 Å². The van der Waals surface area contributed by atoms with Crippen molar-refractivity contribution in [3.05, 3.63) is 0 Å². The number of alkyl halides is 2. The molecule has 0 saturated carbocycles. The molecule has 16 heavy (non-hydrogen) atoms. The van der Waals surface area contributed by atoms with Crippen LogP contribution in [0.3, 0.4) is 0 Å². The summed E-state index contributed by atoms with van der Waals surface area (Å²) in [5.74, 6) is 0.725. The Morgan fingerprint density at radius 3 is 2.06 bits per heavy atom. The molecule has 94 valence electrons. The Morgan fingerprint density at radius 2 is 1.62 bits per heavy atom. The van der Waals surface area contributed by atoms with Crippen molar-refractivity contribution < 1.29 is 9.31 Å². The van der Waals surface area contributed by atoms with Crippen molar-refractivity contribution in [1.82, 2.24) is 0 Å². The monoisotopic (exact) mass is 310 g/mol. The second-order valence-corrected chi connectivity index (χ2v) is 6.88. The van der Waals surface area contributed by atoms with Crippen LogP contribution in [0.2, 0.25) is 0 Å². The van der Waals surface area contributed by atoms with Crippen molar-refractivity contribution in [2.45, 2.75) is 62.9 Å². The first-order valence-corrected chi connectivity index (χ1v) is 7.31. The second kappa shape index (κ2) is 5.60. The van der Waals surface area contributed by atoms with Crippen LogP contribution in [0.25, 0.3) is 0 Å². The summed E-state index contributed by atoms with van der Waals surface area (Å²) in [5, 5.41) is 0. The Balaban J connectivity index is 2.46. The fraction of sp³-hybridized carbons (Fsp3) is 1.00. The molecular weight excluding hydrogens is 290 g/mol. The molecule has 0 spiro atoms. The van der Waals surface area contributed by atoms with Gasteiger partial charge in [0.05, 0.1) is 11.2 Å². The van der Waals surface area contributed by atoms with Crippen molar-refractivity contribution in [1.29, 1.82) is 0 Å². The summed E-state index contributed by atoms with van der Waals surface area (Å²) in [6.45, 7) is 8.30. The summed E-state index contributed by atoms with van der Waals surface area (Å²) in [6.07, 6.45) is 3.18. The molecule has 0 bridgehead atoms. The van der Waals surface area contributed by atoms with Gasteiger partial charge < -0.3 is 9.31 Å². The van der Waals surface area contributed by atoms with Crippen LogP contribution in [0.5, 0.6) is 0 Å². The quantitative estimate of drug-likeness (QED) is 0.437. The molecule has 0 aromatic heterocycles. The molecule has 0 N–H and O–H groups in total. The van der Waals surface area contributed by atoms with E-state index in [-0.39, 0.29) is 23.0 Å². The maximum absolute atomic E-state index is 5.95. The van der Waals surface area contributed by atoms with E-state index < -0.39 is 0 Å². The van der Waals surface area contributed by atoms with Crippen LogP contribution in [0.4, 0.5) is 0 Å². The van der Waals surface area contributed by atoms with Crippen LogP contribution >= 0.6 is 27.5 Å². The highest BCUT2D eigenvalue weighted by Gasteiger charge is 2.53. The van der Waals surface area contributed by atoms with E-state index in [1.165, 1.54) is 0 Å². The lowest BCUT2D eigenvalue weighted by atomic mass is 9.82. The zero-order valence-electron chi connectivity index (χ0n) is 10.6. The summed E-state index contributed by atoms with van der Waals surface area (Å²) in [7, 11) is -0.152. The lowest BCUT2D eigenvalue weighted by Crippen LogP contribution is -2.41. The average Bonchev–Trinajstić information content (AvgIpc) is 2.36. The van der Waals surface area contributed by atoms with Crippen LogP contribution in [0, 0.1) is 0 Å². The van der Waals surface area contributed by atoms with E-state index in [0.29, 0.717) is 0 Å². The molecule has 0 aliphatic carbocycles. The van der Waals surface area contributed by atoms with E-state index in [2.05, 4.69) is 43.6 Å². The maximum Gasteiger partial charge on any atom is 0.472 e. The van der Waals surface area contributed by atoms with E-state index in [1.54, 1.807) is 0 Å². The van der Waals surface area contributed by atoms with Gasteiger partial charge >= 0.3 is 7.12 Å². The minimum Gasteiger partial charge on any atom is -0.403 e. The Morgan fingerprint density at radius 1 is 1.12 bits per heavy atom. The second-order valence-electron chi connectivity index (χ2n) is 5.33. The van der Waals surface area contributed by atoms with Crippen molar-refractivity contribution in [2.24, 2.45) is 0 Å². The summed E-state index contributed by atoms with van der Waals surface area (Å²) in [6, 6.07) is 0. The van der Waals surface area contributed by atoms with Gasteiger partial charge in [0.15, 0.2) is 0 Å². The third-order valence-electron chi connectivity index (χ3n) is 3.43. The van der Waals surface area contributed by atoms with E-state index in [4.69, 9.17) is 20.9 Å². The highest BCUT2D eigenvalue weighted by Crippen LogP contribution is 2.39. The van der Waals surface area contributed by atoms with Crippen molar-refractivity contribution in [3.8, 4) is 0 Å². The summed E-state index contributed by atoms with van der Waals surface area (Å²) >= 11 is 9.30. The first-order chi connectivity index (χ1) is 7.30. The molecular formula is C11H21BBrClO2. The standard InChI is InChI=1S/C11H21BBrClO2/c1-10(2)11(3,4)16-12(15-10)9(13)7-5-6-8-14/h9H,5-8H2,1-4H3. The molecule has 2 nitrogen and oxygen atoms in total. The van der Waals surface area contributed by atoms with Crippen molar-refractivity contribution >= 4 is 34.6 Å². The van der Waals surface area contributed by atoms with Gasteiger partial charge in [0.2, 0.25) is 0 Å². The van der Waals surface area contributed by atoms with Crippen LogP contribution in [-0.4, -0.2) is 28.9 Å². The van der Waals surface area contributed by atoms with Crippen molar-refractivity contribution in [2.75, 3.05) is 5.88 Å². The van der Waals surface area contributed by atoms with Gasteiger partial charge in [-0.25, -0.2) is 0 Å². The lowest BCUT2D eigenvalue weighted by molar-refractivity contribution is 0.00578. The Bertz CT molecular complexity index is 220. The fourth-order valence-electron chi connectivity index (χ4n) is 1.61. The Labute approximate surface area is 113 Å². The molecule has 1 rings (SSSR count). The molecule has 1 unspecified atom stereocenters. The maximum atomic E-state index is 5.95. The molecule has 5 heteroatoms. The van der Waals surface area contributed by atoms with E-state index in [1.807, 2.05) is 0 Å². The Kier molecular flexibility index (Phi) is 5.18. The number of rotatable bonds is 5. The molecule has 0 aromatic carbocycles. The van der Waals surface area contributed by atoms with Gasteiger partial charge in [-0.15, -0.1) is 11.6 Å². The highest BCUT2D eigenvalue weighted by atomic mass is 79.9. The first-order valence-electron chi connectivity index (χ1n) is 5.86. The third-order valence-corrected chi connectivity index (χ3v) is 4.59. The summed E-state index contributed by atoms with van der Waals surface area (Å²) in [5.41, 5.74) is -0.480. The normalized spacial score (nSPS) is 24.8. The van der Waals surface area contributed by atoms with Crippen LogP contribution in [0.1, 0.15) is 47.0 Å². The largest absolute Gasteiger partial charge is 0.472 e. The van der Waals surface area contributed by atoms with Gasteiger partial charge in [-0.2, -0.15) is 0 Å². The van der Waals surface area contributed by atoms with Gasteiger partial charge in [-0.05, 0) is 40.5 Å². The van der Waals surface area contributed by atoms with Gasteiger partial charge in [0, 0.05) is 10.6 Å². The molecule has 1 heterocycles. The number of halogens is 2. The van der Waals surface area contributed by atoms with Crippen molar-refractivity contribution in [3.63, 3.8) is 0 Å². The SMILES string of the molecule is CC1(C)OB(C(Br)CCCCCl)OC1(C)C. The van der Waals surface area contributed by atoms with Gasteiger partial charge in [0.25, 0.3) is 0 Å². The number of hydrogen-bond donors (Lipinski definition) is 0. The van der Waals surface area contributed by atoms with E-state index in [0.717, 1.165) is 25.1 Å². The first kappa shape index (κ1) is 14.8. The fourth-order valence-corrected chi connectivity index (χ4v) is 2.33. The van der Waals surface area contributed by atoms with Gasteiger partial charge in [0.1, 0.15) is 0 Å². The molecule has 1 atom stereocenters. The molecule has 1 aliphatic heterocycles. The van der Waals surface area contributed by atoms with Gasteiger partial charge in [-0.3, -0.25) is 0 Å². The Hall–Kier alpha value is 0.755. The van der Waals surface area contributed by atoms with E-state index in [9.17, 15) is 0 Å².